The summed E-state index contributed by atoms with van der Waals surface area (Å²) >= 11 is 1.75. The van der Waals surface area contributed by atoms with E-state index in [1.165, 1.54) is 15.9 Å². The molecule has 3 aromatic carbocycles. The Morgan fingerprint density at radius 3 is 2.61 bits per heavy atom. The van der Waals surface area contributed by atoms with Crippen molar-refractivity contribution in [2.75, 3.05) is 12.5 Å². The Balaban J connectivity index is 1.33. The van der Waals surface area contributed by atoms with Gasteiger partial charge in [-0.05, 0) is 42.1 Å². The van der Waals surface area contributed by atoms with Crippen LogP contribution in [-0.2, 0) is 6.42 Å². The van der Waals surface area contributed by atoms with E-state index in [2.05, 4.69) is 46.4 Å². The molecule has 1 aliphatic rings. The van der Waals surface area contributed by atoms with Gasteiger partial charge in [-0.3, -0.25) is 4.99 Å². The Kier molecular flexibility index (Phi) is 5.59. The van der Waals surface area contributed by atoms with Crippen molar-refractivity contribution in [3.05, 3.63) is 88.7 Å². The van der Waals surface area contributed by atoms with E-state index in [0.29, 0.717) is 18.9 Å². The molecule has 5 rings (SSSR count). The highest BCUT2D eigenvalue weighted by Crippen LogP contribution is 2.32. The highest BCUT2D eigenvalue weighted by atomic mass is 32.2. The summed E-state index contributed by atoms with van der Waals surface area (Å²) in [5, 5.41) is 2.29. The molecule has 0 fully saturated rings. The van der Waals surface area contributed by atoms with Gasteiger partial charge < -0.3 is 9.15 Å². The molecule has 0 unspecified atom stereocenters. The lowest BCUT2D eigenvalue weighted by Gasteiger charge is -2.11. The standard InChI is InChI=1S/C26H22N2O2S/c1-18-24(28-26(30-18)19-7-3-2-4-8-19)13-14-29-25-12-11-20(15-21-16-27-17-31-21)22-9-5-6-10-23(22)25/h2-12,15-16H,13-14,17H2,1H3. The van der Waals surface area contributed by atoms with Crippen LogP contribution >= 0.6 is 11.8 Å². The van der Waals surface area contributed by atoms with Gasteiger partial charge in [-0.1, -0.05) is 48.5 Å². The van der Waals surface area contributed by atoms with Gasteiger partial charge in [-0.15, -0.1) is 11.8 Å². The molecule has 0 amide bonds. The first-order valence-electron chi connectivity index (χ1n) is 10.3. The van der Waals surface area contributed by atoms with Crippen LogP contribution < -0.4 is 4.74 Å². The predicted octanol–water partition coefficient (Wildman–Crippen LogP) is 6.54. The van der Waals surface area contributed by atoms with Crippen molar-refractivity contribution in [3.8, 4) is 17.2 Å². The maximum absolute atomic E-state index is 6.18. The number of aryl methyl sites for hydroxylation is 1. The fraction of sp³-hybridized carbons (Fsp3) is 0.154. The highest BCUT2D eigenvalue weighted by Gasteiger charge is 2.12. The summed E-state index contributed by atoms with van der Waals surface area (Å²) in [5.74, 6) is 3.18. The van der Waals surface area contributed by atoms with Crippen molar-refractivity contribution in [2.45, 2.75) is 13.3 Å². The zero-order valence-electron chi connectivity index (χ0n) is 17.2. The molecule has 0 saturated heterocycles. The van der Waals surface area contributed by atoms with Crippen LogP contribution in [0.25, 0.3) is 28.3 Å². The Labute approximate surface area is 185 Å². The van der Waals surface area contributed by atoms with Gasteiger partial charge >= 0.3 is 0 Å². The smallest absolute Gasteiger partial charge is 0.226 e. The minimum atomic E-state index is 0.536. The van der Waals surface area contributed by atoms with Gasteiger partial charge in [0, 0.05) is 28.5 Å². The lowest BCUT2D eigenvalue weighted by Crippen LogP contribution is -2.03. The third-order valence-corrected chi connectivity index (χ3v) is 6.08. The molecule has 5 heteroatoms. The van der Waals surface area contributed by atoms with Crippen LogP contribution in [-0.4, -0.2) is 23.7 Å². The number of hydrogen-bond donors (Lipinski definition) is 0. The van der Waals surface area contributed by atoms with Gasteiger partial charge in [0.15, 0.2) is 0 Å². The van der Waals surface area contributed by atoms with Crippen LogP contribution in [0.5, 0.6) is 5.75 Å². The molecule has 0 atom stereocenters. The number of nitrogens with zero attached hydrogens (tertiary/aromatic N) is 2. The summed E-state index contributed by atoms with van der Waals surface area (Å²) in [4.78, 5) is 10.2. The first kappa shape index (κ1) is 19.6. The topological polar surface area (TPSA) is 47.6 Å². The summed E-state index contributed by atoms with van der Waals surface area (Å²) in [6, 6.07) is 22.5. The second kappa shape index (κ2) is 8.82. The van der Waals surface area contributed by atoms with E-state index in [-0.39, 0.29) is 0 Å². The van der Waals surface area contributed by atoms with Gasteiger partial charge in [-0.2, -0.15) is 0 Å². The van der Waals surface area contributed by atoms with E-state index < -0.39 is 0 Å². The number of hydrogen-bond acceptors (Lipinski definition) is 5. The Hall–Kier alpha value is -3.31. The summed E-state index contributed by atoms with van der Waals surface area (Å²) in [5.41, 5.74) is 3.10. The number of fused-ring (bicyclic) bond motifs is 1. The van der Waals surface area contributed by atoms with Gasteiger partial charge in [0.05, 0.1) is 18.2 Å². The van der Waals surface area contributed by atoms with Crippen LogP contribution in [0.15, 0.2) is 81.0 Å². The SMILES string of the molecule is Cc1oc(-c2ccccc2)nc1CCOc1ccc(C=C2C=NCS2)c2ccccc12. The third kappa shape index (κ3) is 4.28. The largest absolute Gasteiger partial charge is 0.493 e. The van der Waals surface area contributed by atoms with Gasteiger partial charge in [0.1, 0.15) is 11.5 Å². The maximum Gasteiger partial charge on any atom is 0.226 e. The predicted molar refractivity (Wildman–Crippen MR) is 129 cm³/mol. The van der Waals surface area contributed by atoms with Crippen molar-refractivity contribution in [1.82, 2.24) is 4.98 Å². The Morgan fingerprint density at radius 1 is 1.00 bits per heavy atom. The molecular weight excluding hydrogens is 404 g/mol. The van der Waals surface area contributed by atoms with Gasteiger partial charge in [0.25, 0.3) is 0 Å². The molecular formula is C26H22N2O2S. The van der Waals surface area contributed by atoms with E-state index in [1.807, 2.05) is 49.5 Å². The molecule has 0 N–H and O–H groups in total. The highest BCUT2D eigenvalue weighted by molar-refractivity contribution is 8.04. The van der Waals surface area contributed by atoms with Crippen molar-refractivity contribution in [3.63, 3.8) is 0 Å². The number of oxazole rings is 1. The quantitative estimate of drug-likeness (QED) is 0.351. The zero-order chi connectivity index (χ0) is 21.0. The van der Waals surface area contributed by atoms with Crippen LogP contribution in [0.4, 0.5) is 0 Å². The summed E-state index contributed by atoms with van der Waals surface area (Å²) < 4.78 is 12.1. The summed E-state index contributed by atoms with van der Waals surface area (Å²) in [6.45, 7) is 2.49. The average Bonchev–Trinajstić information content (AvgIpc) is 3.45. The zero-order valence-corrected chi connectivity index (χ0v) is 18.1. The molecule has 0 spiro atoms. The maximum atomic E-state index is 6.18. The van der Waals surface area contributed by atoms with Gasteiger partial charge in [-0.25, -0.2) is 4.98 Å². The van der Waals surface area contributed by atoms with E-state index in [9.17, 15) is 0 Å². The molecule has 31 heavy (non-hydrogen) atoms. The first-order valence-corrected chi connectivity index (χ1v) is 11.3. The lowest BCUT2D eigenvalue weighted by atomic mass is 10.0. The molecule has 2 heterocycles. The van der Waals surface area contributed by atoms with Crippen molar-refractivity contribution >= 4 is 34.8 Å². The van der Waals surface area contributed by atoms with Crippen molar-refractivity contribution in [2.24, 2.45) is 4.99 Å². The van der Waals surface area contributed by atoms with Crippen LogP contribution in [0, 0.1) is 6.92 Å². The second-order valence-corrected chi connectivity index (χ2v) is 8.33. The molecule has 0 aliphatic carbocycles. The molecule has 154 valence electrons. The normalized spacial score (nSPS) is 14.5. The van der Waals surface area contributed by atoms with Crippen LogP contribution in [0.2, 0.25) is 0 Å². The molecule has 0 bridgehead atoms. The van der Waals surface area contributed by atoms with Crippen molar-refractivity contribution < 1.29 is 9.15 Å². The number of aliphatic imine (C=N–C) groups is 1. The number of aromatic nitrogens is 1. The molecule has 0 saturated carbocycles. The fourth-order valence-electron chi connectivity index (χ4n) is 3.68. The number of thioether (sulfide) groups is 1. The molecule has 1 aliphatic heterocycles. The monoisotopic (exact) mass is 426 g/mol. The number of rotatable bonds is 6. The fourth-order valence-corrected chi connectivity index (χ4v) is 4.33. The number of benzene rings is 3. The molecule has 4 aromatic rings. The number of ether oxygens (including phenoxy) is 1. The minimum Gasteiger partial charge on any atom is -0.493 e. The van der Waals surface area contributed by atoms with Gasteiger partial charge in [0.2, 0.25) is 5.89 Å². The van der Waals surface area contributed by atoms with E-state index in [0.717, 1.165) is 34.0 Å². The second-order valence-electron chi connectivity index (χ2n) is 7.32. The number of allylic oxidation sites excluding steroid dienone is 1. The molecule has 4 nitrogen and oxygen atoms in total. The molecule has 0 radical (unpaired) electrons. The van der Waals surface area contributed by atoms with E-state index in [4.69, 9.17) is 9.15 Å². The van der Waals surface area contributed by atoms with E-state index >= 15 is 0 Å². The Morgan fingerprint density at radius 2 is 1.81 bits per heavy atom. The van der Waals surface area contributed by atoms with Crippen molar-refractivity contribution in [1.29, 1.82) is 0 Å². The van der Waals surface area contributed by atoms with Crippen LogP contribution in [0.3, 0.4) is 0 Å². The minimum absolute atomic E-state index is 0.536. The molecule has 1 aromatic heterocycles. The lowest BCUT2D eigenvalue weighted by molar-refractivity contribution is 0.323. The first-order chi connectivity index (χ1) is 15.3. The van der Waals surface area contributed by atoms with Crippen LogP contribution in [0.1, 0.15) is 17.0 Å². The van der Waals surface area contributed by atoms with E-state index in [1.54, 1.807) is 11.8 Å². The average molecular weight is 427 g/mol. The summed E-state index contributed by atoms with van der Waals surface area (Å²) in [6.07, 6.45) is 4.82. The third-order valence-electron chi connectivity index (χ3n) is 5.25. The Bertz CT molecular complexity index is 1280. The summed E-state index contributed by atoms with van der Waals surface area (Å²) in [7, 11) is 0.